The summed E-state index contributed by atoms with van der Waals surface area (Å²) in [7, 11) is 0. The molecule has 22 heavy (non-hydrogen) atoms. The molecule has 118 valence electrons. The summed E-state index contributed by atoms with van der Waals surface area (Å²) in [6, 6.07) is 3.89. The third-order valence-electron chi connectivity index (χ3n) is 4.14. The van der Waals surface area contributed by atoms with E-state index in [0.717, 1.165) is 18.6 Å². The van der Waals surface area contributed by atoms with Crippen LogP contribution >= 0.6 is 11.8 Å². The van der Waals surface area contributed by atoms with E-state index in [0.29, 0.717) is 30.0 Å². The van der Waals surface area contributed by atoms with Crippen molar-refractivity contribution >= 4 is 17.7 Å². The minimum Gasteiger partial charge on any atom is -0.477 e. The smallest absolute Gasteiger partial charge is 0.253 e. The lowest BCUT2D eigenvalue weighted by Gasteiger charge is -2.22. The Morgan fingerprint density at radius 2 is 2.18 bits per heavy atom. The topological polar surface area (TPSA) is 51.2 Å². The molecule has 2 heterocycles. The molecule has 0 spiro atoms. The van der Waals surface area contributed by atoms with Gasteiger partial charge >= 0.3 is 0 Å². The molecule has 1 aliphatic carbocycles. The van der Waals surface area contributed by atoms with E-state index in [1.807, 2.05) is 0 Å². The van der Waals surface area contributed by atoms with E-state index in [-0.39, 0.29) is 5.91 Å². The zero-order valence-electron chi connectivity index (χ0n) is 12.7. The van der Waals surface area contributed by atoms with Gasteiger partial charge in [0.25, 0.3) is 5.91 Å². The highest BCUT2D eigenvalue weighted by Gasteiger charge is 2.17. The molecule has 3 rings (SSSR count). The fourth-order valence-electron chi connectivity index (χ4n) is 2.81. The molecule has 4 nitrogen and oxygen atoms in total. The maximum atomic E-state index is 12.2. The fraction of sp³-hybridized carbons (Fsp3) is 0.529. The Kier molecular flexibility index (Phi) is 5.38. The predicted molar refractivity (Wildman–Crippen MR) is 89.2 cm³/mol. The first-order chi connectivity index (χ1) is 10.8. The minimum atomic E-state index is -0.0268. The van der Waals surface area contributed by atoms with Crippen molar-refractivity contribution in [2.75, 3.05) is 12.4 Å². The van der Waals surface area contributed by atoms with Crippen LogP contribution in [0.5, 0.6) is 5.88 Å². The van der Waals surface area contributed by atoms with Gasteiger partial charge in [0.2, 0.25) is 5.88 Å². The number of nitrogens with one attached hydrogen (secondary N) is 1. The molecule has 1 amide bonds. The summed E-state index contributed by atoms with van der Waals surface area (Å²) in [5, 5.41) is 5.21. The SMILES string of the molecule is O=C(NC1CCCCC1)c1ccc(OCC2C=CSC2)nc1. The third-order valence-corrected chi connectivity index (χ3v) is 5.11. The van der Waals surface area contributed by atoms with Crippen molar-refractivity contribution in [1.82, 2.24) is 10.3 Å². The maximum absolute atomic E-state index is 12.2. The molecule has 1 atom stereocenters. The number of nitrogens with zero attached hydrogens (tertiary/aromatic N) is 1. The van der Waals surface area contributed by atoms with Gasteiger partial charge in [-0.2, -0.15) is 0 Å². The second-order valence-corrected chi connectivity index (χ2v) is 6.87. The number of rotatable bonds is 5. The van der Waals surface area contributed by atoms with Crippen LogP contribution in [0.2, 0.25) is 0 Å². The molecule has 0 radical (unpaired) electrons. The third kappa shape index (κ3) is 4.26. The lowest BCUT2D eigenvalue weighted by molar-refractivity contribution is 0.0927. The molecule has 1 aromatic rings. The van der Waals surface area contributed by atoms with Gasteiger partial charge in [0, 0.05) is 30.0 Å². The summed E-state index contributed by atoms with van der Waals surface area (Å²) in [5.41, 5.74) is 0.606. The summed E-state index contributed by atoms with van der Waals surface area (Å²) in [6.45, 7) is 0.643. The molecule has 5 heteroatoms. The van der Waals surface area contributed by atoms with Gasteiger partial charge in [-0.15, -0.1) is 11.8 Å². The van der Waals surface area contributed by atoms with Crippen LogP contribution in [0, 0.1) is 5.92 Å². The second-order valence-electron chi connectivity index (χ2n) is 5.93. The lowest BCUT2D eigenvalue weighted by atomic mass is 9.95. The van der Waals surface area contributed by atoms with E-state index >= 15 is 0 Å². The van der Waals surface area contributed by atoms with E-state index in [1.165, 1.54) is 19.3 Å². The number of thioether (sulfide) groups is 1. The fourth-order valence-corrected chi connectivity index (χ4v) is 3.71. The van der Waals surface area contributed by atoms with Crippen LogP contribution < -0.4 is 10.1 Å². The molecule has 0 bridgehead atoms. The maximum Gasteiger partial charge on any atom is 0.253 e. The number of ether oxygens (including phenoxy) is 1. The van der Waals surface area contributed by atoms with Gasteiger partial charge in [-0.25, -0.2) is 4.98 Å². The highest BCUT2D eigenvalue weighted by Crippen LogP contribution is 2.21. The largest absolute Gasteiger partial charge is 0.477 e. The Hall–Kier alpha value is -1.49. The van der Waals surface area contributed by atoms with Crippen LogP contribution in [-0.2, 0) is 0 Å². The van der Waals surface area contributed by atoms with E-state index in [1.54, 1.807) is 30.1 Å². The van der Waals surface area contributed by atoms with Gasteiger partial charge in [-0.05, 0) is 24.3 Å². The van der Waals surface area contributed by atoms with E-state index in [9.17, 15) is 4.79 Å². The molecular formula is C17H22N2O2S. The van der Waals surface area contributed by atoms with Crippen LogP contribution in [0.1, 0.15) is 42.5 Å². The molecule has 0 aromatic carbocycles. The van der Waals surface area contributed by atoms with Gasteiger partial charge in [0.05, 0.1) is 12.2 Å². The zero-order valence-corrected chi connectivity index (χ0v) is 13.5. The highest BCUT2D eigenvalue weighted by molar-refractivity contribution is 8.02. The highest BCUT2D eigenvalue weighted by atomic mass is 32.2. The monoisotopic (exact) mass is 318 g/mol. The number of amides is 1. The second kappa shape index (κ2) is 7.68. The summed E-state index contributed by atoms with van der Waals surface area (Å²) in [5.74, 6) is 2.09. The average Bonchev–Trinajstić information content (AvgIpc) is 3.08. The Bertz CT molecular complexity index is 524. The van der Waals surface area contributed by atoms with Crippen molar-refractivity contribution < 1.29 is 9.53 Å². The van der Waals surface area contributed by atoms with Crippen LogP contribution in [0.3, 0.4) is 0 Å². The number of carbonyl (C=O) groups is 1. The molecule has 2 aliphatic rings. The number of pyridine rings is 1. The Morgan fingerprint density at radius 3 is 2.86 bits per heavy atom. The Balaban J connectivity index is 1.49. The van der Waals surface area contributed by atoms with Crippen LogP contribution in [0.15, 0.2) is 29.8 Å². The molecule has 1 fully saturated rings. The van der Waals surface area contributed by atoms with Crippen molar-refractivity contribution in [3.63, 3.8) is 0 Å². The molecule has 1 aromatic heterocycles. The Morgan fingerprint density at radius 1 is 1.32 bits per heavy atom. The van der Waals surface area contributed by atoms with Crippen molar-refractivity contribution in [2.45, 2.75) is 38.1 Å². The van der Waals surface area contributed by atoms with Gasteiger partial charge < -0.3 is 10.1 Å². The van der Waals surface area contributed by atoms with Gasteiger partial charge in [-0.1, -0.05) is 25.3 Å². The van der Waals surface area contributed by atoms with E-state index in [4.69, 9.17) is 4.74 Å². The van der Waals surface area contributed by atoms with E-state index in [2.05, 4.69) is 21.8 Å². The molecule has 1 saturated carbocycles. The summed E-state index contributed by atoms with van der Waals surface area (Å²) in [6.07, 6.45) is 9.66. The van der Waals surface area contributed by atoms with Crippen molar-refractivity contribution in [2.24, 2.45) is 5.92 Å². The average molecular weight is 318 g/mol. The number of carbonyl (C=O) groups excluding carboxylic acids is 1. The predicted octanol–water partition coefficient (Wildman–Crippen LogP) is 3.40. The van der Waals surface area contributed by atoms with Gasteiger partial charge in [0.15, 0.2) is 0 Å². The zero-order chi connectivity index (χ0) is 15.2. The van der Waals surface area contributed by atoms with Crippen molar-refractivity contribution in [3.8, 4) is 5.88 Å². The summed E-state index contributed by atoms with van der Waals surface area (Å²) >= 11 is 1.81. The van der Waals surface area contributed by atoms with Crippen molar-refractivity contribution in [3.05, 3.63) is 35.4 Å². The minimum absolute atomic E-state index is 0.0268. The number of hydrogen-bond acceptors (Lipinski definition) is 4. The Labute approximate surface area is 135 Å². The molecule has 1 N–H and O–H groups in total. The quantitative estimate of drug-likeness (QED) is 0.904. The molecular weight excluding hydrogens is 296 g/mol. The number of aromatic nitrogens is 1. The number of hydrogen-bond donors (Lipinski definition) is 1. The van der Waals surface area contributed by atoms with Crippen LogP contribution in [-0.4, -0.2) is 29.3 Å². The van der Waals surface area contributed by atoms with Crippen LogP contribution in [0.25, 0.3) is 0 Å². The first-order valence-corrected chi connectivity index (χ1v) is 9.04. The van der Waals surface area contributed by atoms with Gasteiger partial charge in [-0.3, -0.25) is 4.79 Å². The first kappa shape index (κ1) is 15.4. The lowest BCUT2D eigenvalue weighted by Crippen LogP contribution is -2.36. The molecule has 1 unspecified atom stereocenters. The molecule has 1 aliphatic heterocycles. The van der Waals surface area contributed by atoms with Crippen molar-refractivity contribution in [1.29, 1.82) is 0 Å². The van der Waals surface area contributed by atoms with E-state index < -0.39 is 0 Å². The molecule has 0 saturated heterocycles. The van der Waals surface area contributed by atoms with Gasteiger partial charge in [0.1, 0.15) is 0 Å². The van der Waals surface area contributed by atoms with Crippen LogP contribution in [0.4, 0.5) is 0 Å². The first-order valence-electron chi connectivity index (χ1n) is 7.99. The summed E-state index contributed by atoms with van der Waals surface area (Å²) < 4.78 is 5.67. The normalized spacial score (nSPS) is 21.7. The summed E-state index contributed by atoms with van der Waals surface area (Å²) in [4.78, 5) is 16.4. The standard InChI is InChI=1S/C17H22N2O2S/c20-17(19-15-4-2-1-3-5-15)14-6-7-16(18-10-14)21-11-13-8-9-22-12-13/h6-10,13,15H,1-5,11-12H2,(H,19,20).